The van der Waals surface area contributed by atoms with Gasteiger partial charge in [0.15, 0.2) is 0 Å². The van der Waals surface area contributed by atoms with Crippen LogP contribution in [-0.4, -0.2) is 34.9 Å². The van der Waals surface area contributed by atoms with Gasteiger partial charge in [-0.2, -0.15) is 0 Å². The number of likely N-dealkylation sites (tertiary alicyclic amines) is 1. The number of nitrogens with zero attached hydrogens (tertiary/aromatic N) is 2. The fourth-order valence-electron chi connectivity index (χ4n) is 5.05. The molecule has 4 aromatic rings. The Bertz CT molecular complexity index is 1360. The smallest absolute Gasteiger partial charge is 0.243 e. The van der Waals surface area contributed by atoms with Gasteiger partial charge in [0.2, 0.25) is 11.8 Å². The van der Waals surface area contributed by atoms with E-state index < -0.39 is 0 Å². The summed E-state index contributed by atoms with van der Waals surface area (Å²) in [5, 5.41) is 6.00. The molecule has 3 aromatic carbocycles. The van der Waals surface area contributed by atoms with Gasteiger partial charge in [0.05, 0.1) is 24.4 Å². The third kappa shape index (κ3) is 3.82. The Kier molecular flexibility index (Phi) is 5.50. The summed E-state index contributed by atoms with van der Waals surface area (Å²) in [6, 6.07) is 20.1. The van der Waals surface area contributed by atoms with Crippen LogP contribution < -0.4 is 10.1 Å². The van der Waals surface area contributed by atoms with Crippen LogP contribution in [-0.2, 0) is 16.1 Å². The first-order valence-corrected chi connectivity index (χ1v) is 11.3. The monoisotopic (exact) mass is 441 g/mol. The minimum Gasteiger partial charge on any atom is -0.496 e. The van der Waals surface area contributed by atoms with Crippen molar-refractivity contribution in [3.8, 4) is 5.75 Å². The first-order valence-electron chi connectivity index (χ1n) is 11.3. The van der Waals surface area contributed by atoms with E-state index >= 15 is 0 Å². The molecule has 0 radical (unpaired) electrons. The normalized spacial score (nSPS) is 15.8. The van der Waals surface area contributed by atoms with Crippen molar-refractivity contribution in [3.05, 3.63) is 72.4 Å². The number of anilines is 1. The molecule has 6 heteroatoms. The average molecular weight is 442 g/mol. The fourth-order valence-corrected chi connectivity index (χ4v) is 5.05. The van der Waals surface area contributed by atoms with Crippen LogP contribution in [0, 0.1) is 0 Å². The second kappa shape index (κ2) is 8.62. The van der Waals surface area contributed by atoms with E-state index in [2.05, 4.69) is 23.5 Å². The number of carbonyl (C=O) groups excluding carboxylic acids is 2. The molecule has 5 rings (SSSR count). The predicted molar refractivity (Wildman–Crippen MR) is 130 cm³/mol. The fraction of sp³-hybridized carbons (Fsp3) is 0.259. The third-order valence-corrected chi connectivity index (χ3v) is 6.50. The van der Waals surface area contributed by atoms with Gasteiger partial charge in [0.1, 0.15) is 12.3 Å². The van der Waals surface area contributed by atoms with E-state index in [1.165, 1.54) is 12.5 Å². The quantitative estimate of drug-likeness (QED) is 0.467. The summed E-state index contributed by atoms with van der Waals surface area (Å²) in [7, 11) is 1.69. The highest BCUT2D eigenvalue weighted by atomic mass is 16.5. The molecule has 0 unspecified atom stereocenters. The number of benzene rings is 3. The number of methoxy groups -OCH3 is 1. The molecular weight excluding hydrogens is 414 g/mol. The maximum atomic E-state index is 13.5. The number of carbonyl (C=O) groups is 2. The molecule has 1 aliphatic rings. The highest BCUT2D eigenvalue weighted by Gasteiger charge is 2.31. The van der Waals surface area contributed by atoms with E-state index in [-0.39, 0.29) is 24.4 Å². The number of nitrogens with one attached hydrogen (secondary N) is 1. The van der Waals surface area contributed by atoms with Crippen molar-refractivity contribution in [1.29, 1.82) is 0 Å². The van der Waals surface area contributed by atoms with Crippen molar-refractivity contribution in [1.82, 2.24) is 9.47 Å². The molecule has 1 N–H and O–H groups in total. The zero-order valence-corrected chi connectivity index (χ0v) is 18.9. The Morgan fingerprint density at radius 3 is 2.61 bits per heavy atom. The maximum Gasteiger partial charge on any atom is 0.243 e. The zero-order valence-electron chi connectivity index (χ0n) is 18.9. The van der Waals surface area contributed by atoms with Crippen LogP contribution in [0.1, 0.15) is 31.4 Å². The average Bonchev–Trinajstić information content (AvgIpc) is 3.46. The highest BCUT2D eigenvalue weighted by molar-refractivity contribution is 6.01. The van der Waals surface area contributed by atoms with E-state index in [1.807, 2.05) is 58.1 Å². The molecule has 6 nitrogen and oxygen atoms in total. The Morgan fingerprint density at radius 2 is 1.82 bits per heavy atom. The Hall–Kier alpha value is -3.80. The summed E-state index contributed by atoms with van der Waals surface area (Å²) >= 11 is 0. The summed E-state index contributed by atoms with van der Waals surface area (Å²) in [6.07, 6.45) is 3.85. The van der Waals surface area contributed by atoms with Gasteiger partial charge < -0.3 is 19.5 Å². The number of fused-ring (bicyclic) bond motifs is 2. The molecule has 0 saturated carbocycles. The maximum absolute atomic E-state index is 13.5. The van der Waals surface area contributed by atoms with Crippen molar-refractivity contribution >= 4 is 39.2 Å². The molecular formula is C27H27N3O3. The Labute approximate surface area is 192 Å². The van der Waals surface area contributed by atoms with E-state index in [1.54, 1.807) is 7.11 Å². The van der Waals surface area contributed by atoms with Crippen molar-refractivity contribution < 1.29 is 14.3 Å². The lowest BCUT2D eigenvalue weighted by molar-refractivity contribution is -0.132. The Morgan fingerprint density at radius 1 is 1.00 bits per heavy atom. The zero-order chi connectivity index (χ0) is 22.9. The topological polar surface area (TPSA) is 63.6 Å². The van der Waals surface area contributed by atoms with Crippen LogP contribution in [0.5, 0.6) is 5.75 Å². The van der Waals surface area contributed by atoms with Gasteiger partial charge in [-0.05, 0) is 48.1 Å². The largest absolute Gasteiger partial charge is 0.496 e. The van der Waals surface area contributed by atoms with E-state index in [0.717, 1.165) is 52.5 Å². The lowest BCUT2D eigenvalue weighted by Crippen LogP contribution is -2.33. The molecule has 2 amide bonds. The van der Waals surface area contributed by atoms with Gasteiger partial charge >= 0.3 is 0 Å². The van der Waals surface area contributed by atoms with Crippen molar-refractivity contribution in [2.24, 2.45) is 0 Å². The number of amides is 2. The lowest BCUT2D eigenvalue weighted by Gasteiger charge is -2.27. The van der Waals surface area contributed by atoms with Crippen molar-refractivity contribution in [2.45, 2.75) is 32.4 Å². The summed E-state index contributed by atoms with van der Waals surface area (Å²) in [4.78, 5) is 27.0. The first-order chi connectivity index (χ1) is 16.1. The molecule has 1 fully saturated rings. The third-order valence-electron chi connectivity index (χ3n) is 6.50. The molecule has 1 aromatic heterocycles. The number of hydrogen-bond acceptors (Lipinski definition) is 3. The van der Waals surface area contributed by atoms with Crippen molar-refractivity contribution in [2.75, 3.05) is 19.0 Å². The van der Waals surface area contributed by atoms with Crippen LogP contribution in [0.2, 0.25) is 0 Å². The number of hydrogen-bond donors (Lipinski definition) is 1. The first kappa shape index (κ1) is 21.1. The summed E-state index contributed by atoms with van der Waals surface area (Å²) in [5.41, 5.74) is 2.86. The number of ether oxygens (including phenoxy) is 1. The second-order valence-electron chi connectivity index (χ2n) is 8.51. The van der Waals surface area contributed by atoms with Crippen LogP contribution in [0.3, 0.4) is 0 Å². The van der Waals surface area contributed by atoms with Gasteiger partial charge in [-0.15, -0.1) is 0 Å². The molecule has 0 spiro atoms. The van der Waals surface area contributed by atoms with Crippen LogP contribution >= 0.6 is 0 Å². The molecule has 1 aliphatic heterocycles. The molecule has 33 heavy (non-hydrogen) atoms. The van der Waals surface area contributed by atoms with Crippen molar-refractivity contribution in [3.63, 3.8) is 0 Å². The highest BCUT2D eigenvalue weighted by Crippen LogP contribution is 2.39. The number of aromatic nitrogens is 1. The van der Waals surface area contributed by atoms with Gasteiger partial charge in [0.25, 0.3) is 0 Å². The molecule has 168 valence electrons. The second-order valence-corrected chi connectivity index (χ2v) is 8.51. The molecule has 0 bridgehead atoms. The van der Waals surface area contributed by atoms with E-state index in [0.29, 0.717) is 0 Å². The van der Waals surface area contributed by atoms with Crippen LogP contribution in [0.4, 0.5) is 5.69 Å². The predicted octanol–water partition coefficient (Wildman–Crippen LogP) is 5.13. The standard InChI is InChI=1S/C27H27N3O3/c1-18(31)28-23-9-5-10-24-22(23)14-16-29(24)17-27(32)30-15-6-11-25(30)20-12-13-26(33-2)21-8-4-3-7-19(20)21/h3-5,7-10,12-14,16,25H,6,11,15,17H2,1-2H3,(H,28,31)/t25-/m0/s1. The summed E-state index contributed by atoms with van der Waals surface area (Å²) < 4.78 is 7.52. The molecule has 2 heterocycles. The van der Waals surface area contributed by atoms with Crippen LogP contribution in [0.25, 0.3) is 21.7 Å². The molecule has 1 atom stereocenters. The molecule has 0 aliphatic carbocycles. The van der Waals surface area contributed by atoms with Gasteiger partial charge in [0, 0.05) is 30.4 Å². The SMILES string of the molecule is COc1ccc([C@@H]2CCCN2C(=O)Cn2ccc3c(NC(C)=O)cccc32)c2ccccc12. The number of rotatable bonds is 5. The minimum absolute atomic E-state index is 0.0464. The summed E-state index contributed by atoms with van der Waals surface area (Å²) in [6.45, 7) is 2.51. The van der Waals surface area contributed by atoms with Crippen LogP contribution in [0.15, 0.2) is 66.9 Å². The van der Waals surface area contributed by atoms with E-state index in [9.17, 15) is 9.59 Å². The van der Waals surface area contributed by atoms with Gasteiger partial charge in [-0.1, -0.05) is 36.4 Å². The molecule has 1 saturated heterocycles. The Balaban J connectivity index is 1.44. The minimum atomic E-state index is -0.113. The summed E-state index contributed by atoms with van der Waals surface area (Å²) in [5.74, 6) is 0.830. The van der Waals surface area contributed by atoms with Gasteiger partial charge in [-0.25, -0.2) is 0 Å². The lowest BCUT2D eigenvalue weighted by atomic mass is 9.96. The van der Waals surface area contributed by atoms with Gasteiger partial charge in [-0.3, -0.25) is 9.59 Å². The van der Waals surface area contributed by atoms with E-state index in [4.69, 9.17) is 4.74 Å².